The second kappa shape index (κ2) is 7.84. The van der Waals surface area contributed by atoms with Crippen molar-refractivity contribution in [2.45, 2.75) is 51.7 Å². The molecule has 27 heavy (non-hydrogen) atoms. The van der Waals surface area contributed by atoms with Gasteiger partial charge in [-0.15, -0.1) is 0 Å². The van der Waals surface area contributed by atoms with Gasteiger partial charge in [-0.2, -0.15) is 0 Å². The number of hydrogen-bond acceptors (Lipinski definition) is 5. The molecule has 2 saturated carbocycles. The number of carbonyl (C=O) groups is 2. The molecule has 0 radical (unpaired) electrons. The van der Waals surface area contributed by atoms with Crippen molar-refractivity contribution in [1.29, 1.82) is 0 Å². The number of rotatable bonds is 6. The Morgan fingerprint density at radius 1 is 1.30 bits per heavy atom. The van der Waals surface area contributed by atoms with Gasteiger partial charge in [0.1, 0.15) is 5.02 Å². The number of ether oxygens (including phenoxy) is 1. The Bertz CT molecular complexity index is 768. The molecule has 7 nitrogen and oxygen atoms in total. The van der Waals surface area contributed by atoms with Crippen molar-refractivity contribution in [2.75, 3.05) is 0 Å². The number of nitrogens with zero attached hydrogens (tertiary/aromatic N) is 1. The number of carbonyl (C=O) groups excluding carboxylic acids is 2. The Hall–Kier alpha value is -2.15. The molecule has 8 heteroatoms. The number of esters is 1. The van der Waals surface area contributed by atoms with Crippen LogP contribution in [-0.4, -0.2) is 28.9 Å². The third kappa shape index (κ3) is 4.24. The van der Waals surface area contributed by atoms with E-state index in [1.807, 2.05) is 6.92 Å². The smallest absolute Gasteiger partial charge is 0.339 e. The van der Waals surface area contributed by atoms with Crippen molar-refractivity contribution in [3.05, 3.63) is 38.9 Å². The number of hydrogen-bond donors (Lipinski definition) is 1. The molecule has 2 aliphatic carbocycles. The fraction of sp³-hybridized carbons (Fsp3) is 0.579. The van der Waals surface area contributed by atoms with Crippen molar-refractivity contribution in [1.82, 2.24) is 5.32 Å². The molecule has 0 spiro atoms. The Balaban J connectivity index is 1.57. The van der Waals surface area contributed by atoms with Crippen LogP contribution in [0.1, 0.15) is 49.9 Å². The van der Waals surface area contributed by atoms with E-state index in [1.54, 1.807) is 0 Å². The second-order valence-corrected chi connectivity index (χ2v) is 8.01. The van der Waals surface area contributed by atoms with E-state index in [2.05, 4.69) is 5.32 Å². The lowest BCUT2D eigenvalue weighted by Gasteiger charge is -2.29. The predicted molar refractivity (Wildman–Crippen MR) is 99.5 cm³/mol. The summed E-state index contributed by atoms with van der Waals surface area (Å²) in [5.41, 5.74) is -0.403. The van der Waals surface area contributed by atoms with E-state index >= 15 is 0 Å². The topological polar surface area (TPSA) is 98.5 Å². The number of nitro groups is 1. The molecule has 0 aliphatic heterocycles. The third-order valence-electron chi connectivity index (χ3n) is 5.84. The molecule has 0 saturated heterocycles. The van der Waals surface area contributed by atoms with Crippen LogP contribution in [0.3, 0.4) is 0 Å². The maximum atomic E-state index is 12.4. The lowest BCUT2D eigenvalue weighted by molar-refractivity contribution is -0.384. The van der Waals surface area contributed by atoms with E-state index in [9.17, 15) is 19.7 Å². The molecule has 2 bridgehead atoms. The summed E-state index contributed by atoms with van der Waals surface area (Å²) in [6, 6.07) is 3.68. The highest BCUT2D eigenvalue weighted by atomic mass is 35.5. The Morgan fingerprint density at radius 2 is 2.04 bits per heavy atom. The zero-order valence-corrected chi connectivity index (χ0v) is 16.1. The summed E-state index contributed by atoms with van der Waals surface area (Å²) < 4.78 is 5.18. The van der Waals surface area contributed by atoms with Gasteiger partial charge in [-0.3, -0.25) is 14.9 Å². The molecule has 2 fully saturated rings. The number of nitrogens with one attached hydrogen (secondary N) is 1. The highest BCUT2D eigenvalue weighted by Gasteiger charge is 2.42. The van der Waals surface area contributed by atoms with Crippen molar-refractivity contribution in [3.63, 3.8) is 0 Å². The van der Waals surface area contributed by atoms with Crippen LogP contribution in [-0.2, 0) is 9.53 Å². The number of halogens is 1. The summed E-state index contributed by atoms with van der Waals surface area (Å²) in [6.07, 6.45) is 3.94. The van der Waals surface area contributed by atoms with Crippen LogP contribution >= 0.6 is 11.6 Å². The van der Waals surface area contributed by atoms with E-state index in [-0.39, 0.29) is 28.2 Å². The van der Waals surface area contributed by atoms with Crippen molar-refractivity contribution >= 4 is 29.2 Å². The van der Waals surface area contributed by atoms with Gasteiger partial charge in [0.25, 0.3) is 11.6 Å². The molecule has 0 heterocycles. The first-order valence-electron chi connectivity index (χ1n) is 9.21. The van der Waals surface area contributed by atoms with Gasteiger partial charge in [0.05, 0.1) is 10.5 Å². The van der Waals surface area contributed by atoms with Crippen molar-refractivity contribution in [3.8, 4) is 0 Å². The highest BCUT2D eigenvalue weighted by molar-refractivity contribution is 6.32. The van der Waals surface area contributed by atoms with Crippen molar-refractivity contribution < 1.29 is 19.2 Å². The third-order valence-corrected chi connectivity index (χ3v) is 6.16. The van der Waals surface area contributed by atoms with Crippen LogP contribution in [0.2, 0.25) is 5.02 Å². The molecule has 1 aromatic rings. The molecule has 1 N–H and O–H groups in total. The van der Waals surface area contributed by atoms with E-state index in [0.29, 0.717) is 11.8 Å². The normalized spacial score (nSPS) is 25.7. The highest BCUT2D eigenvalue weighted by Crippen LogP contribution is 2.49. The quantitative estimate of drug-likeness (QED) is 0.450. The molecular weight excluding hydrogens is 372 g/mol. The predicted octanol–water partition coefficient (Wildman–Crippen LogP) is 3.73. The minimum absolute atomic E-state index is 0.0214. The summed E-state index contributed by atoms with van der Waals surface area (Å²) >= 11 is 5.74. The van der Waals surface area contributed by atoms with Gasteiger partial charge in [-0.1, -0.05) is 18.0 Å². The van der Waals surface area contributed by atoms with Crippen LogP contribution in [0, 0.1) is 27.9 Å². The number of benzene rings is 1. The molecule has 3 rings (SSSR count). The van der Waals surface area contributed by atoms with Gasteiger partial charge < -0.3 is 10.1 Å². The Kier molecular flexibility index (Phi) is 5.69. The molecule has 1 amide bonds. The first-order chi connectivity index (χ1) is 12.8. The SMILES string of the molecule is C[C@H](OC(=O)c1ccc(Cl)c([N+](=O)[O-])c1)C(=O)N[C@@H](C)[C@H]1C[C@H]2CC[C@H]1C2. The first-order valence-corrected chi connectivity index (χ1v) is 9.59. The van der Waals surface area contributed by atoms with Crippen LogP contribution in [0.4, 0.5) is 5.69 Å². The molecule has 1 aromatic carbocycles. The maximum Gasteiger partial charge on any atom is 0.339 e. The van der Waals surface area contributed by atoms with Crippen LogP contribution < -0.4 is 5.32 Å². The maximum absolute atomic E-state index is 12.4. The van der Waals surface area contributed by atoms with Gasteiger partial charge in [0, 0.05) is 12.1 Å². The van der Waals surface area contributed by atoms with Gasteiger partial charge in [0.2, 0.25) is 0 Å². The fourth-order valence-corrected chi connectivity index (χ4v) is 4.60. The summed E-state index contributed by atoms with van der Waals surface area (Å²) in [7, 11) is 0. The Morgan fingerprint density at radius 3 is 2.63 bits per heavy atom. The standard InChI is InChI=1S/C19H23ClN2O5/c1-10(15-8-12-3-4-13(15)7-12)21-18(23)11(2)27-19(24)14-5-6-16(20)17(9-14)22(25)26/h5-6,9-13,15H,3-4,7-8H2,1-2H3,(H,21,23)/t10-,11-,12-,13-,15+/m0/s1. The molecule has 5 atom stereocenters. The van der Waals surface area contributed by atoms with Gasteiger partial charge in [-0.05, 0) is 63.0 Å². The molecular formula is C19H23ClN2O5. The van der Waals surface area contributed by atoms with Gasteiger partial charge in [0.15, 0.2) is 6.10 Å². The average Bonchev–Trinajstić information content (AvgIpc) is 3.24. The monoisotopic (exact) mass is 394 g/mol. The van der Waals surface area contributed by atoms with E-state index < -0.39 is 17.0 Å². The summed E-state index contributed by atoms with van der Waals surface area (Å²) in [4.78, 5) is 34.9. The van der Waals surface area contributed by atoms with E-state index in [4.69, 9.17) is 16.3 Å². The zero-order valence-electron chi connectivity index (χ0n) is 15.3. The number of fused-ring (bicyclic) bond motifs is 2. The van der Waals surface area contributed by atoms with Crippen LogP contribution in [0.15, 0.2) is 18.2 Å². The lowest BCUT2D eigenvalue weighted by Crippen LogP contribution is -2.45. The van der Waals surface area contributed by atoms with Crippen molar-refractivity contribution in [2.24, 2.45) is 17.8 Å². The van der Waals surface area contributed by atoms with E-state index in [1.165, 1.54) is 38.3 Å². The van der Waals surface area contributed by atoms with Gasteiger partial charge >= 0.3 is 5.97 Å². The minimum atomic E-state index is -0.992. The molecule has 146 valence electrons. The molecule has 0 unspecified atom stereocenters. The molecule has 0 aromatic heterocycles. The lowest BCUT2D eigenvalue weighted by atomic mass is 9.84. The van der Waals surface area contributed by atoms with E-state index in [0.717, 1.165) is 18.4 Å². The van der Waals surface area contributed by atoms with Gasteiger partial charge in [-0.25, -0.2) is 4.79 Å². The summed E-state index contributed by atoms with van der Waals surface area (Å²) in [6.45, 7) is 3.49. The van der Waals surface area contributed by atoms with Crippen LogP contribution in [0.5, 0.6) is 0 Å². The summed E-state index contributed by atoms with van der Waals surface area (Å²) in [5.74, 6) is 0.787. The summed E-state index contributed by atoms with van der Waals surface area (Å²) in [5, 5.41) is 13.8. The Labute approximate surface area is 162 Å². The van der Waals surface area contributed by atoms with Crippen LogP contribution in [0.25, 0.3) is 0 Å². The second-order valence-electron chi connectivity index (χ2n) is 7.61. The largest absolute Gasteiger partial charge is 0.449 e. The molecule has 2 aliphatic rings. The number of amides is 1. The number of nitro benzene ring substituents is 1. The zero-order chi connectivity index (χ0) is 19.7. The first kappa shape index (κ1) is 19.6. The fourth-order valence-electron chi connectivity index (χ4n) is 4.42. The minimum Gasteiger partial charge on any atom is -0.449 e. The average molecular weight is 395 g/mol.